The maximum absolute atomic E-state index is 14.2. The van der Waals surface area contributed by atoms with Crippen LogP contribution in [0.5, 0.6) is 0 Å². The number of aliphatic hydroxyl groups is 2. The number of hydrogen-bond donors (Lipinski definition) is 3. The topological polar surface area (TPSA) is 116 Å². The first-order chi connectivity index (χ1) is 21.8. The van der Waals surface area contributed by atoms with Gasteiger partial charge in [-0.1, -0.05) is 75.3 Å². The summed E-state index contributed by atoms with van der Waals surface area (Å²) in [6.07, 6.45) is 12.7. The molecule has 0 spiro atoms. The minimum Gasteiger partial charge on any atom is -0.462 e. The van der Waals surface area contributed by atoms with Crippen molar-refractivity contribution in [2.75, 3.05) is 20.3 Å². The fourth-order valence-electron chi connectivity index (χ4n) is 7.38. The number of rotatable bonds is 9. The monoisotopic (exact) mass is 643 g/mol. The van der Waals surface area contributed by atoms with E-state index in [-0.39, 0.29) is 24.7 Å². The third kappa shape index (κ3) is 8.67. The highest BCUT2D eigenvalue weighted by atomic mass is 16.7. The van der Waals surface area contributed by atoms with Crippen molar-refractivity contribution >= 4 is 5.97 Å². The highest BCUT2D eigenvalue weighted by molar-refractivity contribution is 5.78. The molecule has 4 rings (SSSR count). The van der Waals surface area contributed by atoms with Gasteiger partial charge in [0.1, 0.15) is 29.8 Å². The average Bonchev–Trinajstić information content (AvgIpc) is 3.32. The van der Waals surface area contributed by atoms with Gasteiger partial charge in [0, 0.05) is 25.3 Å². The van der Waals surface area contributed by atoms with Crippen molar-refractivity contribution < 1.29 is 38.8 Å². The van der Waals surface area contributed by atoms with Crippen molar-refractivity contribution in [1.29, 1.82) is 0 Å². The number of esters is 1. The molecule has 9 heteroatoms. The summed E-state index contributed by atoms with van der Waals surface area (Å²) in [7, 11) is 1.60. The van der Waals surface area contributed by atoms with Gasteiger partial charge in [0.05, 0.1) is 26.4 Å². The number of hydroxylamine groups is 1. The van der Waals surface area contributed by atoms with Crippen molar-refractivity contribution in [2.24, 2.45) is 17.8 Å². The van der Waals surface area contributed by atoms with E-state index in [0.29, 0.717) is 49.4 Å². The van der Waals surface area contributed by atoms with Gasteiger partial charge >= 0.3 is 5.97 Å². The number of carbonyl (C=O) groups is 1. The summed E-state index contributed by atoms with van der Waals surface area (Å²) < 4.78 is 25.9. The third-order valence-electron chi connectivity index (χ3n) is 9.63. The molecule has 2 bridgehead atoms. The normalized spacial score (nSPS) is 39.4. The van der Waals surface area contributed by atoms with Crippen LogP contribution in [0.2, 0.25) is 0 Å². The molecule has 0 radical (unpaired) electrons. The van der Waals surface area contributed by atoms with E-state index in [0.717, 1.165) is 18.4 Å². The second kappa shape index (κ2) is 15.9. The molecule has 1 aliphatic carbocycles. The molecule has 46 heavy (non-hydrogen) atoms. The molecule has 3 unspecified atom stereocenters. The smallest absolute Gasteiger partial charge is 0.316 e. The Kier molecular flexibility index (Phi) is 12.7. The fourth-order valence-corrected chi connectivity index (χ4v) is 7.38. The Morgan fingerprint density at radius 1 is 1.26 bits per heavy atom. The zero-order valence-electron chi connectivity index (χ0n) is 29.1. The summed E-state index contributed by atoms with van der Waals surface area (Å²) in [4.78, 5) is 19.5. The number of ether oxygens (including phenoxy) is 4. The molecule has 4 aliphatic rings. The molecule has 3 N–H and O–H groups in total. The molecular weight excluding hydrogens is 586 g/mol. The molecule has 9 nitrogen and oxygen atoms in total. The number of fused-ring (bicyclic) bond motifs is 2. The lowest BCUT2D eigenvalue weighted by molar-refractivity contribution is -0.300. The van der Waals surface area contributed by atoms with Crippen LogP contribution >= 0.6 is 0 Å². The van der Waals surface area contributed by atoms with E-state index in [9.17, 15) is 15.0 Å². The van der Waals surface area contributed by atoms with Crippen molar-refractivity contribution in [2.45, 2.75) is 129 Å². The van der Waals surface area contributed by atoms with E-state index in [1.165, 1.54) is 5.57 Å². The molecule has 258 valence electrons. The van der Waals surface area contributed by atoms with Gasteiger partial charge in [0.25, 0.3) is 0 Å². The number of aliphatic hydroxyl groups excluding tert-OH is 1. The zero-order valence-corrected chi connectivity index (χ0v) is 29.1. The van der Waals surface area contributed by atoms with Crippen molar-refractivity contribution in [3.63, 3.8) is 0 Å². The Morgan fingerprint density at radius 2 is 2.02 bits per heavy atom. The first kappa shape index (κ1) is 36.7. The van der Waals surface area contributed by atoms with Gasteiger partial charge in [-0.3, -0.25) is 4.79 Å². The van der Waals surface area contributed by atoms with Crippen LogP contribution in [0.3, 0.4) is 0 Å². The molecule has 9 atom stereocenters. The zero-order chi connectivity index (χ0) is 33.6. The second-order valence-electron chi connectivity index (χ2n) is 14.3. The average molecular weight is 644 g/mol. The molecule has 0 aromatic carbocycles. The van der Waals surface area contributed by atoms with Gasteiger partial charge in [-0.2, -0.15) is 5.48 Å². The van der Waals surface area contributed by atoms with E-state index in [1.807, 2.05) is 12.2 Å². The lowest BCUT2D eigenvalue weighted by atomic mass is 9.71. The number of allylic oxidation sites excluding steroid dienone is 5. The standard InChI is InChI=1S/C37H57NO8/c1-9-29(38-42-8)19-36(44-21-26(6)15-23(2)3)20-31-18-30(46-36)14-13-25(5)16-24(4)11-10-12-28-22-43-34-33(39)27(7)17-32(35(40)45-31)37(28,34)41/h10-13,15,17,23-24,29-34,38-39,41H,9,14,16,18-22H2,1-8H3/b11-10+,25-13+,26-15+,28-12+/t24-,29?,30+,31-,32?,33+,34?,36-,37+/m0/s1. The van der Waals surface area contributed by atoms with Crippen LogP contribution < -0.4 is 5.48 Å². The van der Waals surface area contributed by atoms with E-state index < -0.39 is 41.6 Å². The highest BCUT2D eigenvalue weighted by Crippen LogP contribution is 2.46. The van der Waals surface area contributed by atoms with Crippen LogP contribution in [0.4, 0.5) is 0 Å². The van der Waals surface area contributed by atoms with Crippen molar-refractivity contribution in [3.8, 4) is 0 Å². The molecule has 2 fully saturated rings. The fraction of sp³-hybridized carbons (Fsp3) is 0.703. The Labute approximate surface area is 275 Å². The summed E-state index contributed by atoms with van der Waals surface area (Å²) in [6, 6.07) is -0.0625. The van der Waals surface area contributed by atoms with Gasteiger partial charge in [0.15, 0.2) is 5.79 Å². The molecule has 0 aromatic heterocycles. The minimum absolute atomic E-state index is 0.0625. The van der Waals surface area contributed by atoms with E-state index in [2.05, 4.69) is 65.3 Å². The number of hydrogen-bond acceptors (Lipinski definition) is 9. The van der Waals surface area contributed by atoms with Gasteiger partial charge in [0.2, 0.25) is 0 Å². The lowest BCUT2D eigenvalue weighted by Gasteiger charge is -2.46. The first-order valence-electron chi connectivity index (χ1n) is 17.0. The van der Waals surface area contributed by atoms with E-state index in [1.54, 1.807) is 20.1 Å². The SMILES string of the molecule is CCC(C[C@@]1(OC/C(C)=C/C(C)C)C[C@@H]2C[C@@H](C/C=C(\C)C[C@@H](C)/C=C/C=C3\COC4[C@H](O)C(C)=CC(C(=O)O2)[C@]34O)O1)NOC. The predicted octanol–water partition coefficient (Wildman–Crippen LogP) is 5.64. The summed E-state index contributed by atoms with van der Waals surface area (Å²) in [6.45, 7) is 14.9. The molecule has 0 aromatic rings. The Bertz CT molecular complexity index is 1220. The minimum atomic E-state index is -1.73. The maximum atomic E-state index is 14.2. The van der Waals surface area contributed by atoms with Crippen LogP contribution in [0.25, 0.3) is 0 Å². The molecule has 0 saturated carbocycles. The van der Waals surface area contributed by atoms with Crippen LogP contribution in [0.1, 0.15) is 87.0 Å². The van der Waals surface area contributed by atoms with Crippen LogP contribution in [-0.4, -0.2) is 78.4 Å². The summed E-state index contributed by atoms with van der Waals surface area (Å²) >= 11 is 0. The molecule has 3 aliphatic heterocycles. The molecule has 2 saturated heterocycles. The van der Waals surface area contributed by atoms with Gasteiger partial charge < -0.3 is 34.0 Å². The van der Waals surface area contributed by atoms with Crippen molar-refractivity contribution in [3.05, 3.63) is 58.7 Å². The second-order valence-corrected chi connectivity index (χ2v) is 14.3. The van der Waals surface area contributed by atoms with Gasteiger partial charge in [-0.15, -0.1) is 0 Å². The van der Waals surface area contributed by atoms with Gasteiger partial charge in [-0.05, 0) is 63.0 Å². The predicted molar refractivity (Wildman–Crippen MR) is 177 cm³/mol. The maximum Gasteiger partial charge on any atom is 0.316 e. The Balaban J connectivity index is 1.75. The third-order valence-corrected chi connectivity index (χ3v) is 9.63. The van der Waals surface area contributed by atoms with Crippen LogP contribution in [-0.2, 0) is 28.6 Å². The Hall–Kier alpha value is -2.11. The van der Waals surface area contributed by atoms with Gasteiger partial charge in [-0.25, -0.2) is 0 Å². The number of nitrogens with one attached hydrogen (secondary N) is 1. The summed E-state index contributed by atoms with van der Waals surface area (Å²) in [5.74, 6) is -2.02. The summed E-state index contributed by atoms with van der Waals surface area (Å²) in [5, 5.41) is 23.2. The summed E-state index contributed by atoms with van der Waals surface area (Å²) in [5.41, 5.74) is 4.83. The molecule has 3 heterocycles. The quantitative estimate of drug-likeness (QED) is 0.167. The highest BCUT2D eigenvalue weighted by Gasteiger charge is 2.60. The van der Waals surface area contributed by atoms with Crippen LogP contribution in [0.15, 0.2) is 58.7 Å². The Morgan fingerprint density at radius 3 is 2.72 bits per heavy atom. The van der Waals surface area contributed by atoms with Crippen molar-refractivity contribution in [1.82, 2.24) is 5.48 Å². The van der Waals surface area contributed by atoms with E-state index in [4.69, 9.17) is 23.8 Å². The first-order valence-corrected chi connectivity index (χ1v) is 17.0. The molecular formula is C37H57NO8. The lowest BCUT2D eigenvalue weighted by Crippen LogP contribution is -2.58. The largest absolute Gasteiger partial charge is 0.462 e. The van der Waals surface area contributed by atoms with E-state index >= 15 is 0 Å². The molecule has 0 amide bonds. The number of carbonyl (C=O) groups excluding carboxylic acids is 1. The van der Waals surface area contributed by atoms with Crippen LogP contribution in [0, 0.1) is 17.8 Å².